The Morgan fingerprint density at radius 1 is 0.909 bits per heavy atom. The van der Waals surface area contributed by atoms with Gasteiger partial charge in [-0.2, -0.15) is 0 Å². The van der Waals surface area contributed by atoms with E-state index in [-0.39, 0.29) is 51.7 Å². The van der Waals surface area contributed by atoms with Crippen LogP contribution in [0.4, 0.5) is 0 Å². The van der Waals surface area contributed by atoms with E-state index >= 15 is 0 Å². The first-order chi connectivity index (χ1) is 20.7. The van der Waals surface area contributed by atoms with E-state index in [1.807, 2.05) is 37.3 Å². The van der Waals surface area contributed by atoms with Gasteiger partial charge in [-0.15, -0.1) is 0 Å². The molecule has 6 aliphatic rings. The molecule has 1 saturated heterocycles. The second-order valence-corrected chi connectivity index (χ2v) is 17.9. The van der Waals surface area contributed by atoms with Crippen molar-refractivity contribution in [2.24, 2.45) is 56.7 Å². The minimum atomic E-state index is -0.865. The van der Waals surface area contributed by atoms with Crippen molar-refractivity contribution in [3.63, 3.8) is 0 Å². The van der Waals surface area contributed by atoms with Crippen LogP contribution in [0.2, 0.25) is 0 Å². The molecule has 244 valence electrons. The molecular weight excluding hydrogens is 548 g/mol. The van der Waals surface area contributed by atoms with Crippen molar-refractivity contribution < 1.29 is 24.5 Å². The van der Waals surface area contributed by atoms with Gasteiger partial charge >= 0.3 is 5.97 Å². The first kappa shape index (κ1) is 31.2. The third-order valence-electron chi connectivity index (χ3n) is 15.9. The first-order valence-corrected chi connectivity index (χ1v) is 17.9. The van der Waals surface area contributed by atoms with Crippen LogP contribution in [0.1, 0.15) is 118 Å². The van der Waals surface area contributed by atoms with Crippen molar-refractivity contribution in [1.29, 1.82) is 0 Å². The SMILES string of the molecule is CC(O)(CC1CO1)[C@@H]1CC[C@]2(C(=O)OCc3ccccc3)CC[C@]3(C)C(CCC4[C@@]5(C)CC[C@@H](O)C(C)(C)C5CC[C@]43C)C12. The molecule has 0 spiro atoms. The Bertz CT molecular complexity index is 1250. The monoisotopic (exact) mass is 606 g/mol. The Morgan fingerprint density at radius 3 is 2.34 bits per heavy atom. The third kappa shape index (κ3) is 4.37. The maximum absolute atomic E-state index is 14.4. The number of hydrogen-bond acceptors (Lipinski definition) is 5. The van der Waals surface area contributed by atoms with E-state index < -0.39 is 11.0 Å². The molecule has 0 radical (unpaired) electrons. The minimum absolute atomic E-state index is 0.0275. The van der Waals surface area contributed by atoms with Gasteiger partial charge in [0.2, 0.25) is 0 Å². The predicted octanol–water partition coefficient (Wildman–Crippen LogP) is 7.71. The lowest BCUT2D eigenvalue weighted by Gasteiger charge is -2.73. The van der Waals surface area contributed by atoms with Crippen molar-refractivity contribution in [1.82, 2.24) is 0 Å². The number of aliphatic hydroxyl groups is 2. The van der Waals surface area contributed by atoms with Crippen LogP contribution in [0, 0.1) is 56.7 Å². The van der Waals surface area contributed by atoms with E-state index in [1.165, 1.54) is 19.3 Å². The summed E-state index contributed by atoms with van der Waals surface area (Å²) in [7, 11) is 0. The molecule has 44 heavy (non-hydrogen) atoms. The predicted molar refractivity (Wildman–Crippen MR) is 171 cm³/mol. The van der Waals surface area contributed by atoms with Gasteiger partial charge in [0.15, 0.2) is 0 Å². The Morgan fingerprint density at radius 2 is 1.64 bits per heavy atom. The molecule has 12 atom stereocenters. The summed E-state index contributed by atoms with van der Waals surface area (Å²) in [5.74, 6) is 1.68. The summed E-state index contributed by atoms with van der Waals surface area (Å²) in [6.45, 7) is 15.5. The van der Waals surface area contributed by atoms with Crippen molar-refractivity contribution in [2.45, 2.75) is 137 Å². The molecule has 1 heterocycles. The molecule has 5 aliphatic carbocycles. The summed E-state index contributed by atoms with van der Waals surface area (Å²) in [4.78, 5) is 14.4. The topological polar surface area (TPSA) is 79.3 Å². The summed E-state index contributed by atoms with van der Waals surface area (Å²) < 4.78 is 11.9. The van der Waals surface area contributed by atoms with E-state index in [0.717, 1.165) is 57.1 Å². The molecule has 0 aromatic heterocycles. The van der Waals surface area contributed by atoms with Gasteiger partial charge in [-0.25, -0.2) is 0 Å². The molecule has 1 aromatic rings. The van der Waals surface area contributed by atoms with Crippen molar-refractivity contribution in [3.05, 3.63) is 35.9 Å². The Labute approximate surface area is 265 Å². The number of benzene rings is 1. The van der Waals surface area contributed by atoms with E-state index in [9.17, 15) is 15.0 Å². The lowest BCUT2D eigenvalue weighted by atomic mass is 9.32. The highest BCUT2D eigenvalue weighted by Gasteiger charge is 2.73. The number of ether oxygens (including phenoxy) is 2. The van der Waals surface area contributed by atoms with Crippen molar-refractivity contribution in [2.75, 3.05) is 6.61 Å². The molecule has 6 unspecified atom stereocenters. The Balaban J connectivity index is 1.24. The largest absolute Gasteiger partial charge is 0.460 e. The molecule has 1 aliphatic heterocycles. The number of rotatable bonds is 6. The van der Waals surface area contributed by atoms with Gasteiger partial charge in [-0.05, 0) is 128 Å². The number of epoxide rings is 1. The van der Waals surface area contributed by atoms with Crippen LogP contribution in [0.5, 0.6) is 0 Å². The molecule has 1 aromatic carbocycles. The van der Waals surface area contributed by atoms with Gasteiger partial charge in [0.1, 0.15) is 6.61 Å². The number of hydrogen-bond donors (Lipinski definition) is 2. The van der Waals surface area contributed by atoms with E-state index in [0.29, 0.717) is 30.8 Å². The summed E-state index contributed by atoms with van der Waals surface area (Å²) >= 11 is 0. The molecule has 7 rings (SSSR count). The lowest BCUT2D eigenvalue weighted by Crippen LogP contribution is -2.67. The average Bonchev–Trinajstić information content (AvgIpc) is 3.69. The van der Waals surface area contributed by atoms with Crippen LogP contribution in [0.15, 0.2) is 30.3 Å². The molecule has 2 N–H and O–H groups in total. The zero-order valence-corrected chi connectivity index (χ0v) is 28.2. The maximum Gasteiger partial charge on any atom is 0.312 e. The lowest BCUT2D eigenvalue weighted by molar-refractivity contribution is -0.253. The fourth-order valence-electron chi connectivity index (χ4n) is 13.3. The highest BCUT2D eigenvalue weighted by atomic mass is 16.6. The molecule has 5 heteroatoms. The number of fused-ring (bicyclic) bond motifs is 7. The second-order valence-electron chi connectivity index (χ2n) is 17.9. The Hall–Kier alpha value is -1.43. The van der Waals surface area contributed by atoms with Crippen LogP contribution < -0.4 is 0 Å². The first-order valence-electron chi connectivity index (χ1n) is 17.9. The molecule has 5 nitrogen and oxygen atoms in total. The number of esters is 1. The fraction of sp³-hybridized carbons (Fsp3) is 0.821. The van der Waals surface area contributed by atoms with Gasteiger partial charge in [-0.1, -0.05) is 65.0 Å². The quantitative estimate of drug-likeness (QED) is 0.256. The zero-order chi connectivity index (χ0) is 31.3. The highest BCUT2D eigenvalue weighted by molar-refractivity contribution is 5.78. The van der Waals surface area contributed by atoms with E-state index in [2.05, 4.69) is 34.6 Å². The van der Waals surface area contributed by atoms with Crippen LogP contribution >= 0.6 is 0 Å². The fourth-order valence-corrected chi connectivity index (χ4v) is 13.3. The van der Waals surface area contributed by atoms with E-state index in [1.54, 1.807) is 0 Å². The van der Waals surface area contributed by atoms with Crippen LogP contribution in [-0.4, -0.2) is 40.6 Å². The maximum atomic E-state index is 14.4. The standard InChI is InChI=1S/C39H58O5/c1-34(2)29-15-18-37(5)30(35(29,3)17-16-31(34)40)13-12-27-32-28(38(6,42)22-26-24-43-26)14-19-39(32,21-20-36(27,37)4)33(41)44-23-25-10-8-7-9-11-25/h7-11,26-32,40,42H,12-24H2,1-6H3/t26?,27?,28-,29?,30?,31-,32?,35+,36-,37-,38?,39+/m1/s1. The summed E-state index contributed by atoms with van der Waals surface area (Å²) in [5, 5.41) is 23.2. The molecule has 5 saturated carbocycles. The highest BCUT2D eigenvalue weighted by Crippen LogP contribution is 2.78. The summed E-state index contributed by atoms with van der Waals surface area (Å²) in [5.41, 5.74) is 0.0499. The van der Waals surface area contributed by atoms with Crippen molar-refractivity contribution in [3.8, 4) is 0 Å². The van der Waals surface area contributed by atoms with E-state index in [4.69, 9.17) is 9.47 Å². The van der Waals surface area contributed by atoms with Crippen molar-refractivity contribution >= 4 is 5.97 Å². The van der Waals surface area contributed by atoms with Gasteiger partial charge in [0, 0.05) is 6.42 Å². The normalized spacial score (nSPS) is 48.6. The van der Waals surface area contributed by atoms with Gasteiger partial charge in [-0.3, -0.25) is 4.79 Å². The van der Waals surface area contributed by atoms with Gasteiger partial charge < -0.3 is 19.7 Å². The van der Waals surface area contributed by atoms with Crippen LogP contribution in [-0.2, 0) is 20.9 Å². The third-order valence-corrected chi connectivity index (χ3v) is 15.9. The smallest absolute Gasteiger partial charge is 0.312 e. The zero-order valence-electron chi connectivity index (χ0n) is 28.2. The number of carbonyl (C=O) groups excluding carboxylic acids is 1. The number of carbonyl (C=O) groups is 1. The van der Waals surface area contributed by atoms with Crippen LogP contribution in [0.25, 0.3) is 0 Å². The Kier molecular flexibility index (Phi) is 7.29. The average molecular weight is 607 g/mol. The van der Waals surface area contributed by atoms with Gasteiger partial charge in [0.25, 0.3) is 0 Å². The molecule has 0 bridgehead atoms. The number of aliphatic hydroxyl groups excluding tert-OH is 1. The molecule has 0 amide bonds. The summed E-state index contributed by atoms with van der Waals surface area (Å²) in [6, 6.07) is 10.1. The summed E-state index contributed by atoms with van der Waals surface area (Å²) in [6.07, 6.45) is 10.9. The molecule has 6 fully saturated rings. The minimum Gasteiger partial charge on any atom is -0.460 e. The second kappa shape index (κ2) is 10.3. The van der Waals surface area contributed by atoms with Crippen LogP contribution in [0.3, 0.4) is 0 Å². The van der Waals surface area contributed by atoms with Gasteiger partial charge in [0.05, 0.1) is 29.8 Å². The molecular formula is C39H58O5.